The van der Waals surface area contributed by atoms with Crippen molar-refractivity contribution in [3.63, 3.8) is 0 Å². The predicted molar refractivity (Wildman–Crippen MR) is 76.2 cm³/mol. The number of non-ortho nitro benzene ring substituents is 1. The van der Waals surface area contributed by atoms with Crippen molar-refractivity contribution in [2.24, 2.45) is 0 Å². The maximum absolute atomic E-state index is 11.2. The van der Waals surface area contributed by atoms with Gasteiger partial charge < -0.3 is 9.84 Å². The van der Waals surface area contributed by atoms with Crippen LogP contribution in [0.2, 0.25) is 0 Å². The van der Waals surface area contributed by atoms with E-state index in [0.29, 0.717) is 30.7 Å². The van der Waals surface area contributed by atoms with Gasteiger partial charge >= 0.3 is 0 Å². The van der Waals surface area contributed by atoms with Crippen LogP contribution in [0.3, 0.4) is 0 Å². The van der Waals surface area contributed by atoms with E-state index in [9.17, 15) is 15.2 Å². The fourth-order valence-electron chi connectivity index (χ4n) is 2.54. The summed E-state index contributed by atoms with van der Waals surface area (Å²) in [6.45, 7) is 3.20. The molecule has 2 aromatic rings. The van der Waals surface area contributed by atoms with E-state index in [4.69, 9.17) is 4.74 Å². The zero-order chi connectivity index (χ0) is 14.8. The van der Waals surface area contributed by atoms with Crippen LogP contribution in [-0.2, 0) is 11.3 Å². The van der Waals surface area contributed by atoms with Gasteiger partial charge in [0.1, 0.15) is 11.3 Å². The molecule has 0 atom stereocenters. The number of nitro benzene ring substituents is 1. The molecule has 0 unspecified atom stereocenters. The normalized spacial score (nSPS) is 16.2. The molecule has 1 fully saturated rings. The van der Waals surface area contributed by atoms with Gasteiger partial charge in [-0.15, -0.1) is 0 Å². The van der Waals surface area contributed by atoms with Crippen LogP contribution in [0, 0.1) is 10.1 Å². The van der Waals surface area contributed by atoms with Gasteiger partial charge in [-0.2, -0.15) is 0 Å². The molecule has 2 heterocycles. The van der Waals surface area contributed by atoms with Crippen molar-refractivity contribution in [1.29, 1.82) is 0 Å². The molecule has 0 radical (unpaired) electrons. The zero-order valence-electron chi connectivity index (χ0n) is 11.4. The number of aromatic hydroxyl groups is 1. The molecule has 1 aromatic carbocycles. The molecule has 1 aromatic heterocycles. The fraction of sp³-hybridized carbons (Fsp3) is 0.357. The van der Waals surface area contributed by atoms with Crippen molar-refractivity contribution in [2.45, 2.75) is 6.54 Å². The molecule has 1 saturated heterocycles. The van der Waals surface area contributed by atoms with E-state index < -0.39 is 4.92 Å². The first-order valence-electron chi connectivity index (χ1n) is 6.71. The highest BCUT2D eigenvalue weighted by atomic mass is 16.6. The third-order valence-electron chi connectivity index (χ3n) is 3.62. The molecule has 1 N–H and O–H groups in total. The molecular formula is C14H15N3O4. The summed E-state index contributed by atoms with van der Waals surface area (Å²) < 4.78 is 5.28. The maximum Gasteiger partial charge on any atom is 0.279 e. The summed E-state index contributed by atoms with van der Waals surface area (Å²) >= 11 is 0. The van der Waals surface area contributed by atoms with Gasteiger partial charge in [-0.3, -0.25) is 20.0 Å². The number of nitro groups is 1. The Morgan fingerprint density at radius 2 is 2.19 bits per heavy atom. The minimum Gasteiger partial charge on any atom is -0.505 e. The van der Waals surface area contributed by atoms with Crippen molar-refractivity contribution in [1.82, 2.24) is 9.88 Å². The summed E-state index contributed by atoms with van der Waals surface area (Å²) in [6, 6.07) is 4.66. The number of aromatic nitrogens is 1. The molecule has 110 valence electrons. The van der Waals surface area contributed by atoms with Crippen molar-refractivity contribution in [2.75, 3.05) is 26.3 Å². The summed E-state index contributed by atoms with van der Waals surface area (Å²) in [5.41, 5.74) is 0.768. The van der Waals surface area contributed by atoms with E-state index in [2.05, 4.69) is 9.88 Å². The Morgan fingerprint density at radius 3 is 2.90 bits per heavy atom. The SMILES string of the molecule is O=[N+]([O-])c1cc(CN2CCOCC2)c(O)c2ncccc12. The third kappa shape index (κ3) is 2.65. The highest BCUT2D eigenvalue weighted by Gasteiger charge is 2.21. The molecule has 21 heavy (non-hydrogen) atoms. The average Bonchev–Trinajstić information content (AvgIpc) is 2.51. The Kier molecular flexibility index (Phi) is 3.68. The molecule has 1 aliphatic heterocycles. The topological polar surface area (TPSA) is 88.7 Å². The number of ether oxygens (including phenoxy) is 1. The van der Waals surface area contributed by atoms with Gasteiger partial charge in [-0.1, -0.05) is 0 Å². The second kappa shape index (κ2) is 5.63. The first-order valence-corrected chi connectivity index (χ1v) is 6.71. The number of phenolic OH excluding ortho intramolecular Hbond substituents is 1. The van der Waals surface area contributed by atoms with Crippen molar-refractivity contribution < 1.29 is 14.8 Å². The molecule has 0 spiro atoms. The molecule has 0 bridgehead atoms. The van der Waals surface area contributed by atoms with Crippen LogP contribution >= 0.6 is 0 Å². The lowest BCUT2D eigenvalue weighted by molar-refractivity contribution is -0.383. The van der Waals surface area contributed by atoms with E-state index in [1.54, 1.807) is 12.1 Å². The lowest BCUT2D eigenvalue weighted by Crippen LogP contribution is -2.35. The Hall–Kier alpha value is -2.25. The van der Waals surface area contributed by atoms with Crippen LogP contribution in [0.15, 0.2) is 24.4 Å². The third-order valence-corrected chi connectivity index (χ3v) is 3.62. The molecule has 7 nitrogen and oxygen atoms in total. The summed E-state index contributed by atoms with van der Waals surface area (Å²) in [5, 5.41) is 21.9. The number of fused-ring (bicyclic) bond motifs is 1. The van der Waals surface area contributed by atoms with Gasteiger partial charge in [0.2, 0.25) is 0 Å². The number of hydrogen-bond donors (Lipinski definition) is 1. The first-order chi connectivity index (χ1) is 10.2. The second-order valence-electron chi connectivity index (χ2n) is 4.95. The first kappa shape index (κ1) is 13.7. The van der Waals surface area contributed by atoms with E-state index in [1.807, 2.05) is 0 Å². The predicted octanol–water partition coefficient (Wildman–Crippen LogP) is 1.68. The quantitative estimate of drug-likeness (QED) is 0.683. The highest BCUT2D eigenvalue weighted by molar-refractivity contribution is 5.93. The van der Waals surface area contributed by atoms with Gasteiger partial charge in [-0.25, -0.2) is 0 Å². The minimum absolute atomic E-state index is 0.0164. The number of nitrogens with zero attached hydrogens (tertiary/aromatic N) is 3. The Labute approximate surface area is 120 Å². The highest BCUT2D eigenvalue weighted by Crippen LogP contribution is 2.35. The smallest absolute Gasteiger partial charge is 0.279 e. The Morgan fingerprint density at radius 1 is 1.43 bits per heavy atom. The summed E-state index contributed by atoms with van der Waals surface area (Å²) in [6.07, 6.45) is 1.52. The van der Waals surface area contributed by atoms with Gasteiger partial charge in [0.05, 0.1) is 23.5 Å². The Balaban J connectivity index is 2.05. The number of hydrogen-bond acceptors (Lipinski definition) is 6. The van der Waals surface area contributed by atoms with E-state index >= 15 is 0 Å². The van der Waals surface area contributed by atoms with Crippen LogP contribution in [-0.4, -0.2) is 46.2 Å². The minimum atomic E-state index is -0.438. The van der Waals surface area contributed by atoms with Crippen molar-refractivity contribution in [3.8, 4) is 5.75 Å². The molecule has 1 aliphatic rings. The summed E-state index contributed by atoms with van der Waals surface area (Å²) in [4.78, 5) is 17.0. The molecule has 7 heteroatoms. The zero-order valence-corrected chi connectivity index (χ0v) is 11.4. The largest absolute Gasteiger partial charge is 0.505 e. The van der Waals surface area contributed by atoms with Gasteiger partial charge in [-0.05, 0) is 12.1 Å². The van der Waals surface area contributed by atoms with E-state index in [0.717, 1.165) is 13.1 Å². The standard InChI is InChI=1S/C14H15N3O4/c18-14-10(9-16-4-6-21-7-5-16)8-12(17(19)20)11-2-1-3-15-13(11)14/h1-3,8,18H,4-7,9H2. The fourth-order valence-corrected chi connectivity index (χ4v) is 2.54. The molecule has 3 rings (SSSR count). The monoisotopic (exact) mass is 289 g/mol. The summed E-state index contributed by atoms with van der Waals surface area (Å²) in [7, 11) is 0. The number of morpholine rings is 1. The van der Waals surface area contributed by atoms with Gasteiger partial charge in [0.25, 0.3) is 5.69 Å². The lowest BCUT2D eigenvalue weighted by Gasteiger charge is -2.26. The lowest BCUT2D eigenvalue weighted by atomic mass is 10.1. The Bertz CT molecular complexity index is 683. The van der Waals surface area contributed by atoms with Crippen LogP contribution in [0.1, 0.15) is 5.56 Å². The molecule has 0 saturated carbocycles. The van der Waals surface area contributed by atoms with E-state index in [-0.39, 0.29) is 17.0 Å². The van der Waals surface area contributed by atoms with Crippen LogP contribution in [0.5, 0.6) is 5.75 Å². The molecule has 0 aliphatic carbocycles. The number of rotatable bonds is 3. The van der Waals surface area contributed by atoms with Crippen molar-refractivity contribution in [3.05, 3.63) is 40.1 Å². The van der Waals surface area contributed by atoms with Crippen molar-refractivity contribution >= 4 is 16.6 Å². The number of benzene rings is 1. The number of pyridine rings is 1. The van der Waals surface area contributed by atoms with Gasteiger partial charge in [0.15, 0.2) is 0 Å². The number of phenols is 1. The summed E-state index contributed by atoms with van der Waals surface area (Å²) in [5.74, 6) is 0.0164. The maximum atomic E-state index is 11.2. The van der Waals surface area contributed by atoms with Crippen LogP contribution in [0.4, 0.5) is 5.69 Å². The van der Waals surface area contributed by atoms with Crippen LogP contribution < -0.4 is 0 Å². The molecule has 0 amide bonds. The average molecular weight is 289 g/mol. The van der Waals surface area contributed by atoms with Gasteiger partial charge in [0, 0.05) is 37.5 Å². The molecular weight excluding hydrogens is 274 g/mol. The van der Waals surface area contributed by atoms with Crippen LogP contribution in [0.25, 0.3) is 10.9 Å². The second-order valence-corrected chi connectivity index (χ2v) is 4.95. The van der Waals surface area contributed by atoms with E-state index in [1.165, 1.54) is 12.3 Å².